The van der Waals surface area contributed by atoms with E-state index in [0.29, 0.717) is 30.2 Å². The van der Waals surface area contributed by atoms with Gasteiger partial charge < -0.3 is 9.64 Å². The maximum atomic E-state index is 13.0. The van der Waals surface area contributed by atoms with E-state index in [0.717, 1.165) is 0 Å². The van der Waals surface area contributed by atoms with Crippen molar-refractivity contribution in [2.45, 2.75) is 32.9 Å². The van der Waals surface area contributed by atoms with E-state index in [-0.39, 0.29) is 23.9 Å². The summed E-state index contributed by atoms with van der Waals surface area (Å²) in [6, 6.07) is 5.90. The molecule has 0 bridgehead atoms. The first-order chi connectivity index (χ1) is 11.0. The SMILES string of the molecule is Cc1c(C(=O)N2C[C@H](C)OC[C@@H]2C)nnn1-c1ccc(F)cc1. The minimum absolute atomic E-state index is 0.00241. The number of carbonyl (C=O) groups excluding carboxylic acids is 1. The van der Waals surface area contributed by atoms with Crippen LogP contribution in [0, 0.1) is 12.7 Å². The number of morpholine rings is 1. The molecule has 0 N–H and O–H groups in total. The molecule has 2 aromatic rings. The predicted octanol–water partition coefficient (Wildman–Crippen LogP) is 1.96. The average molecular weight is 318 g/mol. The van der Waals surface area contributed by atoms with Crippen molar-refractivity contribution in [1.82, 2.24) is 19.9 Å². The van der Waals surface area contributed by atoms with Gasteiger partial charge in [0, 0.05) is 6.54 Å². The number of hydrogen-bond acceptors (Lipinski definition) is 4. The van der Waals surface area contributed by atoms with Crippen LogP contribution in [0.3, 0.4) is 0 Å². The van der Waals surface area contributed by atoms with Crippen molar-refractivity contribution < 1.29 is 13.9 Å². The second kappa shape index (κ2) is 6.08. The van der Waals surface area contributed by atoms with Crippen molar-refractivity contribution in [2.75, 3.05) is 13.2 Å². The molecule has 1 amide bonds. The first kappa shape index (κ1) is 15.6. The van der Waals surface area contributed by atoms with Gasteiger partial charge in [-0.1, -0.05) is 5.21 Å². The van der Waals surface area contributed by atoms with Gasteiger partial charge in [-0.3, -0.25) is 4.79 Å². The number of amides is 1. The van der Waals surface area contributed by atoms with Gasteiger partial charge in [0.05, 0.1) is 30.1 Å². The Kier molecular flexibility index (Phi) is 4.12. The van der Waals surface area contributed by atoms with Crippen molar-refractivity contribution in [3.63, 3.8) is 0 Å². The number of carbonyl (C=O) groups is 1. The van der Waals surface area contributed by atoms with Crippen LogP contribution in [0.15, 0.2) is 24.3 Å². The van der Waals surface area contributed by atoms with Crippen molar-refractivity contribution in [3.8, 4) is 5.69 Å². The zero-order valence-electron chi connectivity index (χ0n) is 13.4. The lowest BCUT2D eigenvalue weighted by Crippen LogP contribution is -2.50. The third kappa shape index (κ3) is 2.96. The number of rotatable bonds is 2. The molecule has 23 heavy (non-hydrogen) atoms. The van der Waals surface area contributed by atoms with Crippen LogP contribution in [0.1, 0.15) is 30.0 Å². The molecule has 0 radical (unpaired) electrons. The van der Waals surface area contributed by atoms with E-state index >= 15 is 0 Å². The summed E-state index contributed by atoms with van der Waals surface area (Å²) in [5.41, 5.74) is 1.61. The topological polar surface area (TPSA) is 60.3 Å². The van der Waals surface area contributed by atoms with E-state index < -0.39 is 0 Å². The lowest BCUT2D eigenvalue weighted by Gasteiger charge is -2.36. The predicted molar refractivity (Wildman–Crippen MR) is 82.0 cm³/mol. The fourth-order valence-electron chi connectivity index (χ4n) is 2.68. The Morgan fingerprint density at radius 3 is 2.70 bits per heavy atom. The molecular formula is C16H19FN4O2. The Morgan fingerprint density at radius 2 is 2.00 bits per heavy atom. The summed E-state index contributed by atoms with van der Waals surface area (Å²) in [6.45, 7) is 6.71. The third-order valence-corrected chi connectivity index (χ3v) is 4.04. The van der Waals surface area contributed by atoms with E-state index in [4.69, 9.17) is 4.74 Å². The van der Waals surface area contributed by atoms with Crippen LogP contribution >= 0.6 is 0 Å². The monoisotopic (exact) mass is 318 g/mol. The van der Waals surface area contributed by atoms with Crippen LogP contribution in [0.2, 0.25) is 0 Å². The Morgan fingerprint density at radius 1 is 1.30 bits per heavy atom. The van der Waals surface area contributed by atoms with Crippen molar-refractivity contribution in [3.05, 3.63) is 41.5 Å². The maximum absolute atomic E-state index is 13.0. The normalized spacial score (nSPS) is 21.5. The van der Waals surface area contributed by atoms with Crippen LogP contribution in [0.4, 0.5) is 4.39 Å². The summed E-state index contributed by atoms with van der Waals surface area (Å²) in [5.74, 6) is -0.475. The Bertz CT molecular complexity index is 713. The molecule has 1 aliphatic heterocycles. The highest BCUT2D eigenvalue weighted by Gasteiger charge is 2.31. The molecule has 122 valence electrons. The molecule has 0 spiro atoms. The first-order valence-electron chi connectivity index (χ1n) is 7.58. The number of benzene rings is 1. The maximum Gasteiger partial charge on any atom is 0.276 e. The molecule has 7 heteroatoms. The summed E-state index contributed by atoms with van der Waals surface area (Å²) in [4.78, 5) is 14.5. The minimum atomic E-state index is -0.320. The number of hydrogen-bond donors (Lipinski definition) is 0. The van der Waals surface area contributed by atoms with E-state index in [1.165, 1.54) is 12.1 Å². The second-order valence-electron chi connectivity index (χ2n) is 5.86. The van der Waals surface area contributed by atoms with Crippen molar-refractivity contribution in [2.24, 2.45) is 0 Å². The standard InChI is InChI=1S/C16H19FN4O2/c1-10-9-23-11(2)8-20(10)16(22)15-12(3)21(19-18-15)14-6-4-13(17)5-7-14/h4-7,10-11H,8-9H2,1-3H3/t10-,11-/m0/s1. The van der Waals surface area contributed by atoms with Crippen molar-refractivity contribution >= 4 is 5.91 Å². The molecule has 1 fully saturated rings. The zero-order valence-corrected chi connectivity index (χ0v) is 13.4. The van der Waals surface area contributed by atoms with Crippen LogP contribution in [0.5, 0.6) is 0 Å². The van der Waals surface area contributed by atoms with Crippen LogP contribution < -0.4 is 0 Å². The number of ether oxygens (including phenoxy) is 1. The lowest BCUT2D eigenvalue weighted by molar-refractivity contribution is -0.0389. The Balaban J connectivity index is 1.89. The summed E-state index contributed by atoms with van der Waals surface area (Å²) < 4.78 is 20.1. The van der Waals surface area contributed by atoms with Gasteiger partial charge in [0.15, 0.2) is 5.69 Å². The Labute approximate surface area is 133 Å². The highest BCUT2D eigenvalue weighted by Crippen LogP contribution is 2.18. The number of nitrogens with zero attached hydrogens (tertiary/aromatic N) is 4. The number of aromatic nitrogens is 3. The molecule has 0 saturated carbocycles. The fourth-order valence-corrected chi connectivity index (χ4v) is 2.68. The molecule has 1 aromatic heterocycles. The van der Waals surface area contributed by atoms with Gasteiger partial charge in [0.25, 0.3) is 5.91 Å². The van der Waals surface area contributed by atoms with E-state index in [1.54, 1.807) is 28.6 Å². The number of halogens is 1. The second-order valence-corrected chi connectivity index (χ2v) is 5.86. The van der Waals surface area contributed by atoms with Gasteiger partial charge in [-0.25, -0.2) is 9.07 Å². The molecule has 0 aliphatic carbocycles. The molecule has 2 atom stereocenters. The van der Waals surface area contributed by atoms with Gasteiger partial charge in [-0.05, 0) is 45.0 Å². The van der Waals surface area contributed by atoms with Crippen LogP contribution in [0.25, 0.3) is 5.69 Å². The molecule has 3 rings (SSSR count). The van der Waals surface area contributed by atoms with Gasteiger partial charge in [-0.2, -0.15) is 0 Å². The molecule has 6 nitrogen and oxygen atoms in total. The summed E-state index contributed by atoms with van der Waals surface area (Å²) >= 11 is 0. The lowest BCUT2D eigenvalue weighted by atomic mass is 10.1. The molecule has 1 aliphatic rings. The van der Waals surface area contributed by atoms with Crippen molar-refractivity contribution in [1.29, 1.82) is 0 Å². The quantitative estimate of drug-likeness (QED) is 0.849. The molecule has 2 heterocycles. The largest absolute Gasteiger partial charge is 0.375 e. The van der Waals surface area contributed by atoms with E-state index in [9.17, 15) is 9.18 Å². The van der Waals surface area contributed by atoms with Crippen LogP contribution in [-0.4, -0.2) is 51.1 Å². The Hall–Kier alpha value is -2.28. The van der Waals surface area contributed by atoms with Gasteiger partial charge in [0.1, 0.15) is 5.82 Å². The highest BCUT2D eigenvalue weighted by atomic mass is 19.1. The van der Waals surface area contributed by atoms with Gasteiger partial charge in [0.2, 0.25) is 0 Å². The summed E-state index contributed by atoms with van der Waals surface area (Å²) in [5, 5.41) is 8.08. The molecular weight excluding hydrogens is 299 g/mol. The fraction of sp³-hybridized carbons (Fsp3) is 0.438. The van der Waals surface area contributed by atoms with Crippen LogP contribution in [-0.2, 0) is 4.74 Å². The molecule has 1 saturated heterocycles. The van der Waals surface area contributed by atoms with E-state index in [1.807, 2.05) is 13.8 Å². The van der Waals surface area contributed by atoms with E-state index in [2.05, 4.69) is 10.3 Å². The zero-order chi connectivity index (χ0) is 16.6. The average Bonchev–Trinajstić information content (AvgIpc) is 2.91. The molecule has 0 unspecified atom stereocenters. The minimum Gasteiger partial charge on any atom is -0.375 e. The summed E-state index contributed by atoms with van der Waals surface area (Å²) in [6.07, 6.45) is 0.00241. The summed E-state index contributed by atoms with van der Waals surface area (Å²) in [7, 11) is 0. The highest BCUT2D eigenvalue weighted by molar-refractivity contribution is 5.93. The third-order valence-electron chi connectivity index (χ3n) is 4.04. The smallest absolute Gasteiger partial charge is 0.276 e. The van der Waals surface area contributed by atoms with Gasteiger partial charge >= 0.3 is 0 Å². The first-order valence-corrected chi connectivity index (χ1v) is 7.58. The van der Waals surface area contributed by atoms with Gasteiger partial charge in [-0.15, -0.1) is 5.10 Å². The molecule has 1 aromatic carbocycles.